The third-order valence-electron chi connectivity index (χ3n) is 6.52. The number of hydrogen-bond acceptors (Lipinski definition) is 5. The van der Waals surface area contributed by atoms with Gasteiger partial charge < -0.3 is 18.6 Å². The molecule has 0 saturated carbocycles. The summed E-state index contributed by atoms with van der Waals surface area (Å²) in [7, 11) is 0. The number of pyridine rings is 1. The van der Waals surface area contributed by atoms with Gasteiger partial charge in [0.2, 0.25) is 0 Å². The molecule has 0 radical (unpaired) electrons. The number of rotatable bonds is 5. The largest absolute Gasteiger partial charge is 0.484 e. The number of carbonyl (C=O) groups is 1. The highest BCUT2D eigenvalue weighted by Crippen LogP contribution is 2.35. The Balaban J connectivity index is 1.29. The molecule has 2 aromatic heterocycles. The summed E-state index contributed by atoms with van der Waals surface area (Å²) >= 11 is 0. The van der Waals surface area contributed by atoms with E-state index in [1.807, 2.05) is 27.7 Å². The summed E-state index contributed by atoms with van der Waals surface area (Å²) in [5, 5.41) is 0.892. The standard InChI is InChI=1S/C25H26N2O5/c1-2-4-17-10-25(30)32-22-11-19(7-8-20(17)22)31-15-24(29)26-12-16-9-18(14-26)21-5-3-6-23(28)27(21)13-16/h3,5-8,10-11,16,18H,2,4,9,12-15H2,1H3/t16-,18-/m0/s1. The molecule has 1 amide bonds. The van der Waals surface area contributed by atoms with Crippen molar-refractivity contribution in [3.05, 3.63) is 74.5 Å². The van der Waals surface area contributed by atoms with E-state index in [1.54, 1.807) is 18.2 Å². The number of carbonyl (C=O) groups excluding carboxylic acids is 1. The molecule has 2 aliphatic rings. The number of amides is 1. The van der Waals surface area contributed by atoms with Crippen LogP contribution in [0.4, 0.5) is 0 Å². The molecule has 7 nitrogen and oxygen atoms in total. The van der Waals surface area contributed by atoms with Crippen molar-refractivity contribution in [3.8, 4) is 5.75 Å². The number of fused-ring (bicyclic) bond motifs is 5. The number of aryl methyl sites for hydroxylation is 1. The lowest BCUT2D eigenvalue weighted by atomic mass is 9.83. The number of piperidine rings is 1. The lowest BCUT2D eigenvalue weighted by Crippen LogP contribution is -2.50. The first-order valence-electron chi connectivity index (χ1n) is 11.2. The van der Waals surface area contributed by atoms with Crippen LogP contribution in [0, 0.1) is 5.92 Å². The van der Waals surface area contributed by atoms with E-state index in [0.717, 1.165) is 35.9 Å². The number of ether oxygens (including phenoxy) is 1. The number of nitrogens with zero attached hydrogens (tertiary/aromatic N) is 2. The predicted octanol–water partition coefficient (Wildman–Crippen LogP) is 2.93. The van der Waals surface area contributed by atoms with Crippen LogP contribution in [0.5, 0.6) is 5.75 Å². The van der Waals surface area contributed by atoms with Gasteiger partial charge in [-0.2, -0.15) is 0 Å². The molecule has 1 aromatic carbocycles. The molecule has 2 atom stereocenters. The van der Waals surface area contributed by atoms with Crippen LogP contribution in [0.2, 0.25) is 0 Å². The van der Waals surface area contributed by atoms with E-state index < -0.39 is 0 Å². The van der Waals surface area contributed by atoms with Crippen molar-refractivity contribution in [1.29, 1.82) is 0 Å². The molecule has 1 fully saturated rings. The molecule has 0 aliphatic carbocycles. The summed E-state index contributed by atoms with van der Waals surface area (Å²) in [4.78, 5) is 38.8. The molecular weight excluding hydrogens is 408 g/mol. The van der Waals surface area contributed by atoms with E-state index in [9.17, 15) is 14.4 Å². The maximum atomic E-state index is 12.9. The predicted molar refractivity (Wildman–Crippen MR) is 120 cm³/mol. The second kappa shape index (κ2) is 8.30. The average molecular weight is 434 g/mol. The van der Waals surface area contributed by atoms with E-state index >= 15 is 0 Å². The van der Waals surface area contributed by atoms with Crippen molar-refractivity contribution in [3.63, 3.8) is 0 Å². The lowest BCUT2D eigenvalue weighted by molar-refractivity contribution is -0.136. The van der Waals surface area contributed by atoms with Crippen LogP contribution < -0.4 is 15.9 Å². The second-order valence-electron chi connectivity index (χ2n) is 8.78. The zero-order valence-corrected chi connectivity index (χ0v) is 18.1. The molecule has 3 aromatic rings. The Hall–Kier alpha value is -3.35. The third kappa shape index (κ3) is 3.83. The minimum atomic E-state index is -0.381. The molecule has 0 spiro atoms. The Morgan fingerprint density at radius 3 is 2.84 bits per heavy atom. The SMILES string of the molecule is CCCc1cc(=O)oc2cc(OCC(=O)N3C[C@@H]4C[C@@H](C3)c3cccc(=O)n3C4)ccc12. The van der Waals surface area contributed by atoms with Crippen molar-refractivity contribution < 1.29 is 13.9 Å². The van der Waals surface area contributed by atoms with E-state index in [1.165, 1.54) is 6.07 Å². The Morgan fingerprint density at radius 2 is 2.00 bits per heavy atom. The van der Waals surface area contributed by atoms with Crippen LogP contribution in [0.15, 0.2) is 56.5 Å². The van der Waals surface area contributed by atoms with Crippen molar-refractivity contribution >= 4 is 16.9 Å². The average Bonchev–Trinajstić information content (AvgIpc) is 2.78. The fraction of sp³-hybridized carbons (Fsp3) is 0.400. The van der Waals surface area contributed by atoms with E-state index in [4.69, 9.17) is 9.15 Å². The molecule has 0 unspecified atom stereocenters. The summed E-state index contributed by atoms with van der Waals surface area (Å²) in [6.45, 7) is 3.86. The van der Waals surface area contributed by atoms with Crippen molar-refractivity contribution in [1.82, 2.24) is 9.47 Å². The van der Waals surface area contributed by atoms with E-state index in [0.29, 0.717) is 31.0 Å². The lowest BCUT2D eigenvalue weighted by Gasteiger charge is -2.42. The van der Waals surface area contributed by atoms with E-state index in [2.05, 4.69) is 6.92 Å². The van der Waals surface area contributed by atoms with Crippen LogP contribution in [0.25, 0.3) is 11.0 Å². The first-order valence-corrected chi connectivity index (χ1v) is 11.2. The highest BCUT2D eigenvalue weighted by atomic mass is 16.5. The van der Waals surface area contributed by atoms with Crippen molar-refractivity contribution in [2.75, 3.05) is 19.7 Å². The topological polar surface area (TPSA) is 81.8 Å². The van der Waals surface area contributed by atoms with Crippen LogP contribution >= 0.6 is 0 Å². The molecule has 1 saturated heterocycles. The maximum absolute atomic E-state index is 12.9. The highest BCUT2D eigenvalue weighted by Gasteiger charge is 2.36. The van der Waals surface area contributed by atoms with Gasteiger partial charge in [0.1, 0.15) is 11.3 Å². The Bertz CT molecular complexity index is 1290. The Kier molecular flexibility index (Phi) is 5.33. The minimum Gasteiger partial charge on any atom is -0.484 e. The van der Waals surface area contributed by atoms with Crippen LogP contribution in [0.1, 0.15) is 36.9 Å². The zero-order chi connectivity index (χ0) is 22.2. The van der Waals surface area contributed by atoms with Crippen molar-refractivity contribution in [2.45, 2.75) is 38.6 Å². The summed E-state index contributed by atoms with van der Waals surface area (Å²) in [6.07, 6.45) is 2.73. The molecule has 166 valence electrons. The van der Waals surface area contributed by atoms with Gasteiger partial charge in [-0.05, 0) is 42.5 Å². The number of likely N-dealkylation sites (tertiary alicyclic amines) is 1. The van der Waals surface area contributed by atoms with Gasteiger partial charge >= 0.3 is 5.63 Å². The summed E-state index contributed by atoms with van der Waals surface area (Å²) in [5.41, 5.74) is 2.10. The first kappa shape index (κ1) is 20.5. The van der Waals surface area contributed by atoms with Gasteiger partial charge in [0.15, 0.2) is 6.61 Å². The van der Waals surface area contributed by atoms with Gasteiger partial charge in [0.25, 0.3) is 11.5 Å². The third-order valence-corrected chi connectivity index (χ3v) is 6.52. The fourth-order valence-electron chi connectivity index (χ4n) is 5.11. The summed E-state index contributed by atoms with van der Waals surface area (Å²) < 4.78 is 13.0. The number of benzene rings is 1. The molecule has 7 heteroatoms. The first-order chi connectivity index (χ1) is 15.5. The summed E-state index contributed by atoms with van der Waals surface area (Å²) in [6, 6.07) is 12.3. The van der Waals surface area contributed by atoms with Gasteiger partial charge in [0, 0.05) is 54.8 Å². The maximum Gasteiger partial charge on any atom is 0.336 e. The molecule has 0 N–H and O–H groups in total. The van der Waals surface area contributed by atoms with Gasteiger partial charge in [0.05, 0.1) is 0 Å². The molecule has 2 aliphatic heterocycles. The van der Waals surface area contributed by atoms with Gasteiger partial charge in [-0.3, -0.25) is 9.59 Å². The fourth-order valence-corrected chi connectivity index (χ4v) is 5.11. The second-order valence-corrected chi connectivity index (χ2v) is 8.78. The smallest absolute Gasteiger partial charge is 0.336 e. The quantitative estimate of drug-likeness (QED) is 0.577. The monoisotopic (exact) mass is 434 g/mol. The van der Waals surface area contributed by atoms with Crippen LogP contribution in [-0.4, -0.2) is 35.1 Å². The van der Waals surface area contributed by atoms with Crippen molar-refractivity contribution in [2.24, 2.45) is 5.92 Å². The zero-order valence-electron chi connectivity index (χ0n) is 18.1. The van der Waals surface area contributed by atoms with Gasteiger partial charge in [-0.15, -0.1) is 0 Å². The molecule has 5 rings (SSSR count). The molecular formula is C25H26N2O5. The summed E-state index contributed by atoms with van der Waals surface area (Å²) in [5.74, 6) is 0.869. The molecule has 32 heavy (non-hydrogen) atoms. The Labute approximate surface area is 185 Å². The van der Waals surface area contributed by atoms with Crippen LogP contribution in [-0.2, 0) is 17.8 Å². The van der Waals surface area contributed by atoms with Crippen LogP contribution in [0.3, 0.4) is 0 Å². The van der Waals surface area contributed by atoms with Gasteiger partial charge in [-0.1, -0.05) is 19.4 Å². The minimum absolute atomic E-state index is 0.0327. The molecule has 4 heterocycles. The number of aromatic nitrogens is 1. The Morgan fingerprint density at radius 1 is 1.12 bits per heavy atom. The highest BCUT2D eigenvalue weighted by molar-refractivity contribution is 5.82. The normalized spacial score (nSPS) is 19.6. The molecule has 2 bridgehead atoms. The number of hydrogen-bond donors (Lipinski definition) is 0. The van der Waals surface area contributed by atoms with Gasteiger partial charge in [-0.25, -0.2) is 4.79 Å². The van der Waals surface area contributed by atoms with E-state index in [-0.39, 0.29) is 35.5 Å².